The molecule has 0 heterocycles. The minimum atomic E-state index is -0.520. The lowest BCUT2D eigenvalue weighted by Gasteiger charge is -2.14. The van der Waals surface area contributed by atoms with Gasteiger partial charge in [-0.05, 0) is 79.3 Å². The summed E-state index contributed by atoms with van der Waals surface area (Å²) in [4.78, 5) is 13.3. The molecular weight excluding hydrogens is 383 g/mol. The minimum absolute atomic E-state index is 0.0329. The Kier molecular flexibility index (Phi) is 5.70. The summed E-state index contributed by atoms with van der Waals surface area (Å²) in [6.45, 7) is 0. The molecule has 4 nitrogen and oxygen atoms in total. The number of ketones is 1. The second-order valence-corrected chi connectivity index (χ2v) is 7.46. The first-order valence-electron chi connectivity index (χ1n) is 10.0. The maximum atomic E-state index is 14.2. The van der Waals surface area contributed by atoms with Gasteiger partial charge in [-0.1, -0.05) is 18.2 Å². The molecule has 0 amide bonds. The van der Waals surface area contributed by atoms with Crippen LogP contribution >= 0.6 is 0 Å². The van der Waals surface area contributed by atoms with E-state index < -0.39 is 5.82 Å². The molecule has 4 rings (SSSR count). The molecule has 1 fully saturated rings. The lowest BCUT2D eigenvalue weighted by molar-refractivity contribution is 0.103. The van der Waals surface area contributed by atoms with E-state index in [1.54, 1.807) is 30.3 Å². The second-order valence-electron chi connectivity index (χ2n) is 7.46. The van der Waals surface area contributed by atoms with E-state index in [1.807, 2.05) is 6.07 Å². The fourth-order valence-electron chi connectivity index (χ4n) is 3.87. The Morgan fingerprint density at radius 3 is 2.57 bits per heavy atom. The Balaban J connectivity index is 1.69. The Labute approximate surface area is 174 Å². The van der Waals surface area contributed by atoms with Gasteiger partial charge in [-0.3, -0.25) is 4.79 Å². The number of rotatable bonds is 6. The van der Waals surface area contributed by atoms with E-state index in [0.29, 0.717) is 22.4 Å². The average molecular weight is 406 g/mol. The monoisotopic (exact) mass is 406 g/mol. The maximum Gasteiger partial charge on any atom is 0.193 e. The molecule has 1 aliphatic carbocycles. The number of aromatic hydroxyl groups is 1. The van der Waals surface area contributed by atoms with Crippen molar-refractivity contribution in [3.63, 3.8) is 0 Å². The highest BCUT2D eigenvalue weighted by atomic mass is 19.1. The summed E-state index contributed by atoms with van der Waals surface area (Å²) in [5.74, 6) is -0.0380. The number of hydrogen-bond donors (Lipinski definition) is 1. The van der Waals surface area contributed by atoms with Crippen LogP contribution in [0.5, 0.6) is 17.2 Å². The Morgan fingerprint density at radius 2 is 1.83 bits per heavy atom. The zero-order valence-electron chi connectivity index (χ0n) is 16.7. The van der Waals surface area contributed by atoms with Gasteiger partial charge in [0.05, 0.1) is 13.2 Å². The normalized spacial score (nSPS) is 13.9. The molecule has 0 saturated heterocycles. The van der Waals surface area contributed by atoms with Crippen LogP contribution < -0.4 is 9.47 Å². The summed E-state index contributed by atoms with van der Waals surface area (Å²) < 4.78 is 25.2. The van der Waals surface area contributed by atoms with Crippen molar-refractivity contribution in [1.29, 1.82) is 0 Å². The Morgan fingerprint density at radius 1 is 1.03 bits per heavy atom. The number of methoxy groups -OCH3 is 1. The zero-order valence-corrected chi connectivity index (χ0v) is 16.7. The first-order chi connectivity index (χ1) is 14.5. The summed E-state index contributed by atoms with van der Waals surface area (Å²) in [6, 6.07) is 16.1. The number of carbonyl (C=O) groups is 1. The van der Waals surface area contributed by atoms with Crippen molar-refractivity contribution in [1.82, 2.24) is 0 Å². The van der Waals surface area contributed by atoms with Gasteiger partial charge >= 0.3 is 0 Å². The van der Waals surface area contributed by atoms with Crippen molar-refractivity contribution in [2.24, 2.45) is 0 Å². The molecule has 3 aromatic carbocycles. The van der Waals surface area contributed by atoms with Gasteiger partial charge in [0.2, 0.25) is 0 Å². The molecule has 1 saturated carbocycles. The van der Waals surface area contributed by atoms with Crippen molar-refractivity contribution < 1.29 is 23.8 Å². The Bertz CT molecular complexity index is 1070. The molecule has 5 heteroatoms. The topological polar surface area (TPSA) is 55.8 Å². The van der Waals surface area contributed by atoms with Gasteiger partial charge in [0.15, 0.2) is 17.3 Å². The predicted molar refractivity (Wildman–Crippen MR) is 113 cm³/mol. The number of ether oxygens (including phenoxy) is 2. The van der Waals surface area contributed by atoms with Crippen LogP contribution in [0.15, 0.2) is 60.7 Å². The van der Waals surface area contributed by atoms with Crippen molar-refractivity contribution in [3.05, 3.63) is 77.6 Å². The molecule has 0 aliphatic heterocycles. The lowest BCUT2D eigenvalue weighted by atomic mass is 9.93. The number of carbonyl (C=O) groups excluding carboxylic acids is 1. The van der Waals surface area contributed by atoms with Crippen molar-refractivity contribution in [3.8, 4) is 28.4 Å². The van der Waals surface area contributed by atoms with Crippen LogP contribution in [-0.4, -0.2) is 24.1 Å². The van der Waals surface area contributed by atoms with Gasteiger partial charge in [0.1, 0.15) is 11.5 Å². The number of phenolic OH excluding ortho intramolecular Hbond substituents is 1. The quantitative estimate of drug-likeness (QED) is 0.529. The van der Waals surface area contributed by atoms with E-state index in [4.69, 9.17) is 9.47 Å². The summed E-state index contributed by atoms with van der Waals surface area (Å²) in [6.07, 6.45) is 4.56. The molecule has 1 aliphatic rings. The average Bonchev–Trinajstić information content (AvgIpc) is 3.26. The van der Waals surface area contributed by atoms with E-state index in [-0.39, 0.29) is 28.9 Å². The van der Waals surface area contributed by atoms with Crippen LogP contribution in [0.3, 0.4) is 0 Å². The number of halogens is 1. The SMILES string of the molecule is COc1ccc(-c2ccc(O)cc2C(=O)c2cccc(OC3CCCC3)c2)cc1F. The van der Waals surface area contributed by atoms with Crippen LogP contribution in [0, 0.1) is 5.82 Å². The third-order valence-electron chi connectivity index (χ3n) is 5.41. The third-order valence-corrected chi connectivity index (χ3v) is 5.41. The van der Waals surface area contributed by atoms with Gasteiger partial charge in [0.25, 0.3) is 0 Å². The summed E-state index contributed by atoms with van der Waals surface area (Å²) >= 11 is 0. The largest absolute Gasteiger partial charge is 0.508 e. The van der Waals surface area contributed by atoms with E-state index in [0.717, 1.165) is 25.7 Å². The molecule has 1 N–H and O–H groups in total. The molecule has 0 unspecified atom stereocenters. The molecule has 3 aromatic rings. The molecule has 154 valence electrons. The number of phenols is 1. The zero-order chi connectivity index (χ0) is 21.1. The van der Waals surface area contributed by atoms with Crippen molar-refractivity contribution in [2.45, 2.75) is 31.8 Å². The highest BCUT2D eigenvalue weighted by Crippen LogP contribution is 2.32. The van der Waals surface area contributed by atoms with Crippen LogP contribution in [0.1, 0.15) is 41.6 Å². The standard InChI is InChI=1S/C25H23FO4/c1-29-24-12-9-16(14-23(24)26)21-11-10-18(27)15-22(21)25(28)17-5-4-8-20(13-17)30-19-6-2-3-7-19/h4-5,8-15,19,27H,2-3,6-7H2,1H3. The highest BCUT2D eigenvalue weighted by molar-refractivity contribution is 6.13. The number of benzene rings is 3. The number of hydrogen-bond acceptors (Lipinski definition) is 4. The van der Waals surface area contributed by atoms with Crippen LogP contribution in [0.25, 0.3) is 11.1 Å². The van der Waals surface area contributed by atoms with Crippen LogP contribution in [0.2, 0.25) is 0 Å². The molecule has 30 heavy (non-hydrogen) atoms. The van der Waals surface area contributed by atoms with Crippen molar-refractivity contribution in [2.75, 3.05) is 7.11 Å². The molecular formula is C25H23FO4. The third kappa shape index (κ3) is 4.15. The van der Waals surface area contributed by atoms with E-state index in [9.17, 15) is 14.3 Å². The van der Waals surface area contributed by atoms with E-state index >= 15 is 0 Å². The van der Waals surface area contributed by atoms with Gasteiger partial charge in [0, 0.05) is 11.1 Å². The van der Waals surface area contributed by atoms with Crippen LogP contribution in [0.4, 0.5) is 4.39 Å². The van der Waals surface area contributed by atoms with Crippen LogP contribution in [-0.2, 0) is 0 Å². The maximum absolute atomic E-state index is 14.2. The Hall–Kier alpha value is -3.34. The van der Waals surface area contributed by atoms with E-state index in [2.05, 4.69) is 0 Å². The van der Waals surface area contributed by atoms with Crippen molar-refractivity contribution >= 4 is 5.78 Å². The van der Waals surface area contributed by atoms with E-state index in [1.165, 1.54) is 31.4 Å². The smallest absolute Gasteiger partial charge is 0.193 e. The fourth-order valence-corrected chi connectivity index (χ4v) is 3.87. The van der Waals surface area contributed by atoms with Gasteiger partial charge in [-0.25, -0.2) is 4.39 Å². The minimum Gasteiger partial charge on any atom is -0.508 e. The van der Waals surface area contributed by atoms with Gasteiger partial charge in [-0.2, -0.15) is 0 Å². The molecule has 0 radical (unpaired) electrons. The molecule has 0 spiro atoms. The highest BCUT2D eigenvalue weighted by Gasteiger charge is 2.20. The first kappa shape index (κ1) is 20.0. The molecule has 0 aromatic heterocycles. The fraction of sp³-hybridized carbons (Fsp3) is 0.240. The molecule has 0 bridgehead atoms. The summed E-state index contributed by atoms with van der Waals surface area (Å²) in [5.41, 5.74) is 1.79. The summed E-state index contributed by atoms with van der Waals surface area (Å²) in [5, 5.41) is 9.99. The predicted octanol–water partition coefficient (Wildman–Crippen LogP) is 5.76. The second kappa shape index (κ2) is 8.57. The van der Waals surface area contributed by atoms with Gasteiger partial charge < -0.3 is 14.6 Å². The first-order valence-corrected chi connectivity index (χ1v) is 10.0. The van der Waals surface area contributed by atoms with Gasteiger partial charge in [-0.15, -0.1) is 0 Å². The lowest BCUT2D eigenvalue weighted by Crippen LogP contribution is -2.11. The summed E-state index contributed by atoms with van der Waals surface area (Å²) in [7, 11) is 1.40. The molecule has 0 atom stereocenters.